The largest absolute Gasteiger partial charge is 0.467 e. The second-order valence-corrected chi connectivity index (χ2v) is 5.28. The number of alkyl halides is 3. The molecule has 2 aromatic heterocycles. The first-order chi connectivity index (χ1) is 12.9. The number of anilines is 3. The maximum Gasteiger partial charge on any atom is 0.418 e. The molecule has 0 spiro atoms. The smallest absolute Gasteiger partial charge is 0.418 e. The maximum atomic E-state index is 13.1. The predicted molar refractivity (Wildman–Crippen MR) is 89.4 cm³/mol. The van der Waals surface area contributed by atoms with Gasteiger partial charge in [-0.25, -0.2) is 9.97 Å². The van der Waals surface area contributed by atoms with Crippen molar-refractivity contribution in [1.29, 1.82) is 0 Å². The second-order valence-electron chi connectivity index (χ2n) is 5.28. The average Bonchev–Trinajstić information content (AvgIpc) is 3.13. The number of nitro groups is 1. The molecule has 27 heavy (non-hydrogen) atoms. The molecule has 3 aromatic rings. The van der Waals surface area contributed by atoms with Gasteiger partial charge < -0.3 is 15.1 Å². The third-order valence-corrected chi connectivity index (χ3v) is 3.50. The molecular weight excluding hydrogens is 367 g/mol. The Morgan fingerprint density at radius 2 is 1.85 bits per heavy atom. The van der Waals surface area contributed by atoms with Crippen LogP contribution in [0.25, 0.3) is 0 Å². The third-order valence-electron chi connectivity index (χ3n) is 3.50. The molecule has 3 rings (SSSR count). The lowest BCUT2D eigenvalue weighted by Crippen LogP contribution is -2.11. The van der Waals surface area contributed by atoms with Crippen LogP contribution < -0.4 is 10.6 Å². The number of hydrogen-bond donors (Lipinski definition) is 2. The van der Waals surface area contributed by atoms with Crippen molar-refractivity contribution in [1.82, 2.24) is 9.97 Å². The van der Waals surface area contributed by atoms with Crippen molar-refractivity contribution in [3.05, 3.63) is 70.4 Å². The Morgan fingerprint density at radius 1 is 1.11 bits per heavy atom. The van der Waals surface area contributed by atoms with E-state index in [4.69, 9.17) is 4.42 Å². The number of nitrogens with zero attached hydrogens (tertiary/aromatic N) is 3. The fraction of sp³-hybridized carbons (Fsp3) is 0.125. The van der Waals surface area contributed by atoms with Crippen LogP contribution in [0.4, 0.5) is 36.2 Å². The number of furan rings is 1. The van der Waals surface area contributed by atoms with E-state index in [1.54, 1.807) is 12.1 Å². The number of hydrogen-bond acceptors (Lipinski definition) is 7. The molecule has 0 atom stereocenters. The third kappa shape index (κ3) is 4.14. The summed E-state index contributed by atoms with van der Waals surface area (Å²) in [6.45, 7) is 0.101. The lowest BCUT2D eigenvalue weighted by atomic mass is 10.1. The maximum absolute atomic E-state index is 13.1. The molecular formula is C16H12F3N5O3. The normalized spacial score (nSPS) is 11.2. The average molecular weight is 379 g/mol. The van der Waals surface area contributed by atoms with Gasteiger partial charge in [0.15, 0.2) is 0 Å². The van der Waals surface area contributed by atoms with Gasteiger partial charge >= 0.3 is 11.9 Å². The zero-order valence-corrected chi connectivity index (χ0v) is 13.5. The molecule has 0 radical (unpaired) electrons. The SMILES string of the molecule is O=[N+]([O-])c1c(NCc2ccco2)ncnc1Nc1ccccc1C(F)(F)F. The number of benzene rings is 1. The Bertz CT molecular complexity index is 945. The summed E-state index contributed by atoms with van der Waals surface area (Å²) in [5, 5.41) is 16.6. The van der Waals surface area contributed by atoms with Crippen LogP contribution >= 0.6 is 0 Å². The molecule has 2 heterocycles. The molecule has 0 saturated carbocycles. The molecule has 0 bridgehead atoms. The molecule has 0 aliphatic heterocycles. The van der Waals surface area contributed by atoms with Gasteiger partial charge in [-0.3, -0.25) is 10.1 Å². The minimum absolute atomic E-state index is 0.101. The van der Waals surface area contributed by atoms with Crippen molar-refractivity contribution < 1.29 is 22.5 Å². The van der Waals surface area contributed by atoms with E-state index in [0.717, 1.165) is 18.5 Å². The van der Waals surface area contributed by atoms with Gasteiger partial charge in [0.1, 0.15) is 12.1 Å². The van der Waals surface area contributed by atoms with Crippen LogP contribution in [-0.2, 0) is 12.7 Å². The van der Waals surface area contributed by atoms with E-state index in [1.165, 1.54) is 18.4 Å². The Morgan fingerprint density at radius 3 is 2.52 bits per heavy atom. The van der Waals surface area contributed by atoms with Crippen LogP contribution in [0.15, 0.2) is 53.4 Å². The van der Waals surface area contributed by atoms with Crippen LogP contribution in [0.3, 0.4) is 0 Å². The highest BCUT2D eigenvalue weighted by atomic mass is 19.4. The number of nitrogens with one attached hydrogen (secondary N) is 2. The highest BCUT2D eigenvalue weighted by Gasteiger charge is 2.34. The van der Waals surface area contributed by atoms with Crippen LogP contribution in [-0.4, -0.2) is 14.9 Å². The topological polar surface area (TPSA) is 106 Å². The summed E-state index contributed by atoms with van der Waals surface area (Å²) in [5.74, 6) is -0.0214. The van der Waals surface area contributed by atoms with Crippen LogP contribution in [0, 0.1) is 10.1 Å². The van der Waals surface area contributed by atoms with E-state index in [2.05, 4.69) is 20.6 Å². The Kier molecular flexibility index (Phi) is 4.92. The van der Waals surface area contributed by atoms with Gasteiger partial charge in [0.05, 0.1) is 29.0 Å². The molecule has 0 aliphatic carbocycles. The summed E-state index contributed by atoms with van der Waals surface area (Å²) in [5.41, 5.74) is -1.91. The van der Waals surface area contributed by atoms with Crippen molar-refractivity contribution in [3.63, 3.8) is 0 Å². The number of aromatic nitrogens is 2. The summed E-state index contributed by atoms with van der Waals surface area (Å²) < 4.78 is 44.5. The van der Waals surface area contributed by atoms with Crippen LogP contribution in [0.5, 0.6) is 0 Å². The summed E-state index contributed by atoms with van der Waals surface area (Å²) in [6.07, 6.45) is -2.19. The first kappa shape index (κ1) is 18.2. The lowest BCUT2D eigenvalue weighted by molar-refractivity contribution is -0.383. The molecule has 0 fully saturated rings. The van der Waals surface area contributed by atoms with Crippen molar-refractivity contribution in [3.8, 4) is 0 Å². The molecule has 0 amide bonds. The van der Waals surface area contributed by atoms with E-state index < -0.39 is 22.4 Å². The van der Waals surface area contributed by atoms with Crippen LogP contribution in [0.2, 0.25) is 0 Å². The zero-order valence-electron chi connectivity index (χ0n) is 13.5. The quantitative estimate of drug-likeness (QED) is 0.484. The van der Waals surface area contributed by atoms with Gasteiger partial charge in [-0.15, -0.1) is 0 Å². The van der Waals surface area contributed by atoms with Crippen molar-refractivity contribution in [2.75, 3.05) is 10.6 Å². The van der Waals surface area contributed by atoms with Crippen LogP contribution in [0.1, 0.15) is 11.3 Å². The second kappa shape index (κ2) is 7.32. The fourth-order valence-corrected chi connectivity index (χ4v) is 2.32. The molecule has 0 saturated heterocycles. The number of halogens is 3. The molecule has 140 valence electrons. The molecule has 8 nitrogen and oxygen atoms in total. The summed E-state index contributed by atoms with van der Waals surface area (Å²) >= 11 is 0. The summed E-state index contributed by atoms with van der Waals surface area (Å²) in [7, 11) is 0. The lowest BCUT2D eigenvalue weighted by Gasteiger charge is -2.14. The minimum Gasteiger partial charge on any atom is -0.467 e. The summed E-state index contributed by atoms with van der Waals surface area (Å²) in [6, 6.07) is 7.92. The van der Waals surface area contributed by atoms with Crippen molar-refractivity contribution in [2.24, 2.45) is 0 Å². The summed E-state index contributed by atoms with van der Waals surface area (Å²) in [4.78, 5) is 18.2. The van der Waals surface area contributed by atoms with E-state index >= 15 is 0 Å². The predicted octanol–water partition coefficient (Wildman–Crippen LogP) is 4.35. The van der Waals surface area contributed by atoms with Gasteiger partial charge in [0, 0.05) is 0 Å². The van der Waals surface area contributed by atoms with E-state index in [9.17, 15) is 23.3 Å². The van der Waals surface area contributed by atoms with E-state index in [0.29, 0.717) is 5.76 Å². The van der Waals surface area contributed by atoms with Gasteiger partial charge in [0.2, 0.25) is 11.6 Å². The Balaban J connectivity index is 1.94. The van der Waals surface area contributed by atoms with Gasteiger partial charge in [-0.1, -0.05) is 12.1 Å². The van der Waals surface area contributed by atoms with Crippen molar-refractivity contribution >= 4 is 23.0 Å². The molecule has 2 N–H and O–H groups in total. The highest BCUT2D eigenvalue weighted by Crippen LogP contribution is 2.38. The van der Waals surface area contributed by atoms with Gasteiger partial charge in [0.25, 0.3) is 0 Å². The molecule has 11 heteroatoms. The van der Waals surface area contributed by atoms with Gasteiger partial charge in [-0.05, 0) is 24.3 Å². The first-order valence-corrected chi connectivity index (χ1v) is 7.55. The Labute approximate surface area is 150 Å². The highest BCUT2D eigenvalue weighted by molar-refractivity contribution is 5.75. The number of para-hydroxylation sites is 1. The van der Waals surface area contributed by atoms with Crippen molar-refractivity contribution in [2.45, 2.75) is 12.7 Å². The standard InChI is InChI=1S/C16H12F3N5O3/c17-16(18,19)11-5-1-2-6-12(11)23-15-13(24(25)26)14(21-9-22-15)20-8-10-4-3-7-27-10/h1-7,9H,8H2,(H2,20,21,22,23). The Hall–Kier alpha value is -3.63. The van der Waals surface area contributed by atoms with E-state index in [1.807, 2.05) is 0 Å². The molecule has 1 aromatic carbocycles. The number of rotatable bonds is 6. The fourth-order valence-electron chi connectivity index (χ4n) is 2.32. The minimum atomic E-state index is -4.63. The van der Waals surface area contributed by atoms with E-state index in [-0.39, 0.29) is 23.9 Å². The zero-order chi connectivity index (χ0) is 19.4. The molecule has 0 unspecified atom stereocenters. The van der Waals surface area contributed by atoms with Gasteiger partial charge in [-0.2, -0.15) is 13.2 Å². The monoisotopic (exact) mass is 379 g/mol. The first-order valence-electron chi connectivity index (χ1n) is 7.55. The molecule has 0 aliphatic rings.